The largest absolute Gasteiger partial charge is 0.379 e. The lowest BCUT2D eigenvalue weighted by Crippen LogP contribution is -2.60. The fraction of sp³-hybridized carbons (Fsp3) is 0.744. The van der Waals surface area contributed by atoms with E-state index in [0.29, 0.717) is 32.2 Å². The zero-order valence-electron chi connectivity index (χ0n) is 38.0. The predicted octanol–water partition coefficient (Wildman–Crippen LogP) is 4.32. The van der Waals surface area contributed by atoms with Gasteiger partial charge in [0.1, 0.15) is 12.1 Å². The summed E-state index contributed by atoms with van der Waals surface area (Å²) in [5.74, 6) is -2.64. The molecule has 2 rings (SSSR count). The SMILES string of the molecule is CC[C@H](C)[C@@H]([C@@H](CC(=O)N1CCC[C@H]1[C@H](OC)[C@@H](C)C(=O)N[C@@H](Cc1ccccc1)C(=O)NC(C)(C)C)OC)N(C)C(=O)[C@@H](NC(=O)[C@H](C(C)C)N(C)C)C(C)N=[N+]=[N-]. The lowest BCUT2D eigenvalue weighted by molar-refractivity contribution is -0.147. The van der Waals surface area contributed by atoms with E-state index in [0.717, 1.165) is 5.56 Å². The van der Waals surface area contributed by atoms with Gasteiger partial charge in [0, 0.05) is 44.7 Å². The lowest BCUT2D eigenvalue weighted by Gasteiger charge is -2.41. The minimum atomic E-state index is -1.17. The quantitative estimate of drug-likeness (QED) is 0.0873. The highest BCUT2D eigenvalue weighted by atomic mass is 16.5. The van der Waals surface area contributed by atoms with E-state index in [2.05, 4.69) is 26.0 Å². The third kappa shape index (κ3) is 14.5. The Labute approximate surface area is 352 Å². The van der Waals surface area contributed by atoms with E-state index in [1.54, 1.807) is 44.8 Å². The average molecular weight is 828 g/mol. The number of azide groups is 1. The highest BCUT2D eigenvalue weighted by molar-refractivity contribution is 5.91. The summed E-state index contributed by atoms with van der Waals surface area (Å²) in [6, 6.07) is 5.00. The molecule has 1 heterocycles. The van der Waals surface area contributed by atoms with Gasteiger partial charge in [-0.2, -0.15) is 0 Å². The molecular formula is C43H73N9O7. The van der Waals surface area contributed by atoms with Crippen molar-refractivity contribution in [1.82, 2.24) is 30.7 Å². The molecule has 0 radical (unpaired) electrons. The maximum atomic E-state index is 14.4. The second kappa shape index (κ2) is 23.5. The van der Waals surface area contributed by atoms with Gasteiger partial charge in [0.2, 0.25) is 29.5 Å². The van der Waals surface area contributed by atoms with Crippen molar-refractivity contribution in [2.45, 2.75) is 148 Å². The second-order valence-electron chi connectivity index (χ2n) is 17.7. The van der Waals surface area contributed by atoms with Crippen molar-refractivity contribution in [2.75, 3.05) is 41.9 Å². The number of likely N-dealkylation sites (tertiary alicyclic amines) is 1. The standard InChI is InChI=1S/C43H73N9O7/c1-15-27(4)37(51(12)42(57)35(29(6)48-49-44)46-41(56)36(26(2)3)50(10)11)33(58-13)25-34(53)52-23-19-22-32(52)38(59-14)28(5)39(54)45-31(40(55)47-43(7,8)9)24-30-20-17-16-18-21-30/h16-18,20-21,26-29,31-33,35-38H,15,19,22-25H2,1-14H3,(H,45,54)(H,46,56)(H,47,55)/t27-,28+,29?,31-,32-,33+,35-,36-,37-,38+/m0/s1. The van der Waals surface area contributed by atoms with Crippen LogP contribution in [-0.2, 0) is 39.9 Å². The molecule has 1 saturated heterocycles. The van der Waals surface area contributed by atoms with Gasteiger partial charge in [0.25, 0.3) is 0 Å². The van der Waals surface area contributed by atoms with E-state index in [1.165, 1.54) is 19.1 Å². The molecule has 0 aliphatic carbocycles. The van der Waals surface area contributed by atoms with E-state index in [-0.39, 0.29) is 41.9 Å². The number of likely N-dealkylation sites (N-methyl/N-ethyl adjacent to an activating group) is 2. The van der Waals surface area contributed by atoms with Crippen molar-refractivity contribution in [3.8, 4) is 0 Å². The minimum Gasteiger partial charge on any atom is -0.379 e. The molecule has 1 fully saturated rings. The summed E-state index contributed by atoms with van der Waals surface area (Å²) in [5, 5.41) is 12.6. The first-order chi connectivity index (χ1) is 27.6. The fourth-order valence-electron chi connectivity index (χ4n) is 8.25. The van der Waals surface area contributed by atoms with Crippen molar-refractivity contribution in [2.24, 2.45) is 22.9 Å². The number of methoxy groups -OCH3 is 2. The first kappa shape index (κ1) is 50.9. The molecule has 0 bridgehead atoms. The normalized spacial score (nSPS) is 19.0. The molecule has 5 amide bonds. The maximum Gasteiger partial charge on any atom is 0.245 e. The van der Waals surface area contributed by atoms with Crippen LogP contribution in [0.4, 0.5) is 0 Å². The number of amides is 5. The summed E-state index contributed by atoms with van der Waals surface area (Å²) in [6.45, 7) is 17.2. The van der Waals surface area contributed by atoms with E-state index < -0.39 is 65.8 Å². The third-order valence-corrected chi connectivity index (χ3v) is 11.4. The van der Waals surface area contributed by atoms with Crippen LogP contribution < -0.4 is 16.0 Å². The van der Waals surface area contributed by atoms with E-state index >= 15 is 0 Å². The van der Waals surface area contributed by atoms with Crippen molar-refractivity contribution >= 4 is 29.5 Å². The summed E-state index contributed by atoms with van der Waals surface area (Å²) in [6.07, 6.45) is 0.762. The molecule has 1 aliphatic heterocycles. The van der Waals surface area contributed by atoms with Crippen molar-refractivity contribution in [3.63, 3.8) is 0 Å². The Balaban J connectivity index is 2.36. The molecule has 0 saturated carbocycles. The molecule has 0 spiro atoms. The Kier molecular flexibility index (Phi) is 20.3. The number of rotatable bonds is 22. The van der Waals surface area contributed by atoms with Crippen molar-refractivity contribution in [1.29, 1.82) is 0 Å². The summed E-state index contributed by atoms with van der Waals surface area (Å²) < 4.78 is 12.0. The Bertz CT molecular complexity index is 1570. The zero-order chi connectivity index (χ0) is 44.8. The smallest absolute Gasteiger partial charge is 0.245 e. The fourth-order valence-corrected chi connectivity index (χ4v) is 8.25. The van der Waals surface area contributed by atoms with Gasteiger partial charge in [-0.05, 0) is 70.6 Å². The second-order valence-corrected chi connectivity index (χ2v) is 17.7. The van der Waals surface area contributed by atoms with Gasteiger partial charge in [-0.15, -0.1) is 0 Å². The Hall–Kier alpha value is -4.24. The topological polar surface area (TPSA) is 198 Å². The number of carbonyl (C=O) groups excluding carboxylic acids is 5. The van der Waals surface area contributed by atoms with E-state index in [1.807, 2.05) is 78.8 Å². The molecule has 1 aliphatic rings. The number of nitrogens with zero attached hydrogens (tertiary/aromatic N) is 6. The predicted molar refractivity (Wildman–Crippen MR) is 229 cm³/mol. The van der Waals surface area contributed by atoms with Crippen LogP contribution >= 0.6 is 0 Å². The van der Waals surface area contributed by atoms with Gasteiger partial charge < -0.3 is 35.2 Å². The van der Waals surface area contributed by atoms with Crippen LogP contribution in [0.2, 0.25) is 0 Å². The van der Waals surface area contributed by atoms with Gasteiger partial charge in [-0.3, -0.25) is 28.9 Å². The third-order valence-electron chi connectivity index (χ3n) is 11.4. The van der Waals surface area contributed by atoms with Gasteiger partial charge in [-0.25, -0.2) is 0 Å². The minimum absolute atomic E-state index is 0.0639. The van der Waals surface area contributed by atoms with Crippen LogP contribution in [0.5, 0.6) is 0 Å². The summed E-state index contributed by atoms with van der Waals surface area (Å²) >= 11 is 0. The van der Waals surface area contributed by atoms with Gasteiger partial charge in [-0.1, -0.05) is 83.4 Å². The van der Waals surface area contributed by atoms with Crippen LogP contribution in [0.3, 0.4) is 0 Å². The highest BCUT2D eigenvalue weighted by Crippen LogP contribution is 2.30. The molecule has 16 heteroatoms. The van der Waals surface area contributed by atoms with Crippen LogP contribution in [0.1, 0.15) is 93.6 Å². The van der Waals surface area contributed by atoms with E-state index in [4.69, 9.17) is 9.47 Å². The van der Waals surface area contributed by atoms with Gasteiger partial charge in [0.05, 0.1) is 48.7 Å². The molecule has 1 unspecified atom stereocenters. The number of benzene rings is 1. The number of nitrogens with one attached hydrogen (secondary N) is 3. The number of carbonyl (C=O) groups is 5. The van der Waals surface area contributed by atoms with Crippen molar-refractivity contribution in [3.05, 3.63) is 46.3 Å². The Morgan fingerprint density at radius 2 is 1.58 bits per heavy atom. The van der Waals surface area contributed by atoms with Crippen LogP contribution in [-0.4, -0.2) is 140 Å². The molecular weight excluding hydrogens is 755 g/mol. The summed E-state index contributed by atoms with van der Waals surface area (Å²) in [5.41, 5.74) is 9.68. The molecule has 3 N–H and O–H groups in total. The summed E-state index contributed by atoms with van der Waals surface area (Å²) in [7, 11) is 8.22. The Morgan fingerprint density at radius 1 is 0.949 bits per heavy atom. The van der Waals surface area contributed by atoms with Crippen LogP contribution in [0.25, 0.3) is 10.4 Å². The monoisotopic (exact) mass is 828 g/mol. The molecule has 332 valence electrons. The molecule has 1 aromatic rings. The first-order valence-corrected chi connectivity index (χ1v) is 20.9. The number of ether oxygens (including phenoxy) is 2. The van der Waals surface area contributed by atoms with Crippen LogP contribution in [0, 0.1) is 17.8 Å². The molecule has 59 heavy (non-hydrogen) atoms. The molecule has 16 nitrogen and oxygen atoms in total. The van der Waals surface area contributed by atoms with Crippen LogP contribution in [0.15, 0.2) is 35.4 Å². The van der Waals surface area contributed by atoms with Gasteiger partial charge in [0.15, 0.2) is 0 Å². The van der Waals surface area contributed by atoms with Crippen molar-refractivity contribution < 1.29 is 33.4 Å². The highest BCUT2D eigenvalue weighted by Gasteiger charge is 2.44. The molecule has 0 aromatic heterocycles. The first-order valence-electron chi connectivity index (χ1n) is 20.9. The number of hydrogen-bond donors (Lipinski definition) is 3. The average Bonchev–Trinajstić information content (AvgIpc) is 3.65. The van der Waals surface area contributed by atoms with E-state index in [9.17, 15) is 29.5 Å². The zero-order valence-corrected chi connectivity index (χ0v) is 38.0. The molecule has 10 atom stereocenters. The molecule has 1 aromatic carbocycles. The Morgan fingerprint density at radius 3 is 2.08 bits per heavy atom. The van der Waals surface area contributed by atoms with Gasteiger partial charge >= 0.3 is 0 Å². The lowest BCUT2D eigenvalue weighted by atomic mass is 9.89. The number of hydrogen-bond acceptors (Lipinski definition) is 9. The summed E-state index contributed by atoms with van der Waals surface area (Å²) in [4.78, 5) is 77.6. The maximum absolute atomic E-state index is 14.4.